The summed E-state index contributed by atoms with van der Waals surface area (Å²) in [5.74, 6) is 0.649. The summed E-state index contributed by atoms with van der Waals surface area (Å²) in [5.41, 5.74) is 3.49. The second kappa shape index (κ2) is 9.42. The number of nitriles is 1. The van der Waals surface area contributed by atoms with E-state index in [9.17, 15) is 5.26 Å². The lowest BCUT2D eigenvalue weighted by molar-refractivity contribution is 0.304. The quantitative estimate of drug-likeness (QED) is 0.283. The molecule has 0 atom stereocenters. The van der Waals surface area contributed by atoms with Gasteiger partial charge in [-0.3, -0.25) is 0 Å². The molecule has 1 aliphatic carbocycles. The van der Waals surface area contributed by atoms with Crippen LogP contribution in [0.1, 0.15) is 33.6 Å². The highest BCUT2D eigenvalue weighted by Crippen LogP contribution is 2.41. The largest absolute Gasteiger partial charge is 0.487 e. The van der Waals surface area contributed by atoms with Crippen LogP contribution in [0.3, 0.4) is 0 Å². The Morgan fingerprint density at radius 1 is 1.20 bits per heavy atom. The summed E-state index contributed by atoms with van der Waals surface area (Å²) in [6.07, 6.45) is 4.85. The fourth-order valence-electron chi connectivity index (χ4n) is 3.34. The maximum absolute atomic E-state index is 9.59. The zero-order chi connectivity index (χ0) is 21.3. The van der Waals surface area contributed by atoms with Crippen molar-refractivity contribution in [2.45, 2.75) is 25.9 Å². The highest BCUT2D eigenvalue weighted by molar-refractivity contribution is 9.11. The van der Waals surface area contributed by atoms with Gasteiger partial charge in [0, 0.05) is 36.7 Å². The van der Waals surface area contributed by atoms with E-state index < -0.39 is 0 Å². The van der Waals surface area contributed by atoms with Crippen molar-refractivity contribution in [2.75, 3.05) is 0 Å². The molecule has 3 aromatic rings. The van der Waals surface area contributed by atoms with Crippen LogP contribution in [-0.2, 0) is 19.4 Å². The van der Waals surface area contributed by atoms with Crippen LogP contribution in [0, 0.1) is 11.3 Å². The van der Waals surface area contributed by atoms with Gasteiger partial charge in [-0.05, 0) is 65.0 Å². The first-order valence-electron chi connectivity index (χ1n) is 9.10. The minimum absolute atomic E-state index is 0.286. The Morgan fingerprint density at radius 3 is 2.80 bits per heavy atom. The van der Waals surface area contributed by atoms with E-state index in [1.54, 1.807) is 29.7 Å². The number of hydrogen-bond acceptors (Lipinski definition) is 4. The first-order chi connectivity index (χ1) is 14.5. The van der Waals surface area contributed by atoms with Gasteiger partial charge in [0.25, 0.3) is 0 Å². The minimum atomic E-state index is 0.286. The van der Waals surface area contributed by atoms with Crippen molar-refractivity contribution in [3.05, 3.63) is 76.5 Å². The normalized spacial score (nSPS) is 12.9. The maximum atomic E-state index is 9.59. The number of halogens is 4. The molecular weight excluding hydrogens is 571 g/mol. The molecule has 0 aliphatic heterocycles. The predicted molar refractivity (Wildman–Crippen MR) is 131 cm³/mol. The highest BCUT2D eigenvalue weighted by atomic mass is 79.9. The lowest BCUT2D eigenvalue weighted by atomic mass is 10.1. The molecule has 0 unspecified atom stereocenters. The first kappa shape index (κ1) is 21.9. The topological polar surface area (TPSA) is 45.4 Å². The van der Waals surface area contributed by atoms with E-state index in [-0.39, 0.29) is 6.61 Å². The molecule has 8 heteroatoms. The number of fused-ring (bicyclic) bond motifs is 1. The molecule has 0 N–H and O–H groups in total. The van der Waals surface area contributed by atoms with Gasteiger partial charge in [0.15, 0.2) is 0 Å². The van der Waals surface area contributed by atoms with Crippen LogP contribution in [0.15, 0.2) is 44.3 Å². The Kier molecular flexibility index (Phi) is 6.86. The number of nitrogens with zero attached hydrogens (tertiary/aromatic N) is 2. The molecule has 0 fully saturated rings. The van der Waals surface area contributed by atoms with Crippen molar-refractivity contribution in [1.82, 2.24) is 0 Å². The van der Waals surface area contributed by atoms with Gasteiger partial charge in [-0.25, -0.2) is 4.99 Å². The van der Waals surface area contributed by atoms with Crippen molar-refractivity contribution < 1.29 is 4.74 Å². The summed E-state index contributed by atoms with van der Waals surface area (Å²) < 4.78 is 7.77. The fraction of sp³-hybridized carbons (Fsp3) is 0.182. The van der Waals surface area contributed by atoms with Gasteiger partial charge >= 0.3 is 0 Å². The molecule has 0 saturated carbocycles. The Hall–Kier alpha value is -1.36. The third-order valence-corrected chi connectivity index (χ3v) is 7.59. The third-order valence-electron chi connectivity index (χ3n) is 4.76. The van der Waals surface area contributed by atoms with E-state index in [0.717, 1.165) is 44.3 Å². The number of rotatable bonds is 5. The molecule has 30 heavy (non-hydrogen) atoms. The molecule has 0 amide bonds. The predicted octanol–water partition coefficient (Wildman–Crippen LogP) is 8.27. The third kappa shape index (κ3) is 4.61. The highest BCUT2D eigenvalue weighted by Gasteiger charge is 2.21. The van der Waals surface area contributed by atoms with Crippen LogP contribution in [-0.4, -0.2) is 6.21 Å². The molecule has 1 aromatic heterocycles. The SMILES string of the molecule is N#Cc1c(/N=C/c2cc(Br)cc(Br)c2OCc2ccc(Cl)cc2Cl)sc2c1CCC2. The molecule has 0 saturated heterocycles. The zero-order valence-corrected chi connectivity index (χ0v) is 21.0. The Labute approximate surface area is 205 Å². The van der Waals surface area contributed by atoms with Crippen LogP contribution in [0.25, 0.3) is 0 Å². The van der Waals surface area contributed by atoms with Gasteiger partial charge < -0.3 is 4.74 Å². The molecular formula is C22H14Br2Cl2N2OS. The number of hydrogen-bond donors (Lipinski definition) is 0. The van der Waals surface area contributed by atoms with Crippen LogP contribution in [0.4, 0.5) is 5.00 Å². The van der Waals surface area contributed by atoms with Crippen LogP contribution >= 0.6 is 66.4 Å². The van der Waals surface area contributed by atoms with E-state index in [2.05, 4.69) is 42.9 Å². The summed E-state index contributed by atoms with van der Waals surface area (Å²) in [5, 5.41) is 11.5. The van der Waals surface area contributed by atoms with E-state index >= 15 is 0 Å². The van der Waals surface area contributed by atoms with E-state index in [1.807, 2.05) is 18.2 Å². The molecule has 1 heterocycles. The molecule has 3 nitrogen and oxygen atoms in total. The van der Waals surface area contributed by atoms with E-state index in [1.165, 1.54) is 10.4 Å². The van der Waals surface area contributed by atoms with E-state index in [0.29, 0.717) is 21.4 Å². The number of ether oxygens (including phenoxy) is 1. The van der Waals surface area contributed by atoms with Gasteiger partial charge in [0.1, 0.15) is 23.4 Å². The molecule has 0 spiro atoms. The molecule has 4 rings (SSSR count). The van der Waals surface area contributed by atoms with Crippen molar-refractivity contribution in [3.63, 3.8) is 0 Å². The Balaban J connectivity index is 1.64. The number of aliphatic imine (C=N–C) groups is 1. The van der Waals surface area contributed by atoms with Crippen LogP contribution < -0.4 is 4.74 Å². The summed E-state index contributed by atoms with van der Waals surface area (Å²) in [6.45, 7) is 0.286. The molecule has 0 bridgehead atoms. The van der Waals surface area contributed by atoms with Crippen molar-refractivity contribution in [3.8, 4) is 11.8 Å². The number of benzene rings is 2. The Bertz CT molecular complexity index is 1200. The van der Waals surface area contributed by atoms with Crippen molar-refractivity contribution >= 4 is 77.6 Å². The molecule has 152 valence electrons. The van der Waals surface area contributed by atoms with Gasteiger partial charge in [-0.1, -0.05) is 45.2 Å². The van der Waals surface area contributed by atoms with Crippen molar-refractivity contribution in [1.29, 1.82) is 5.26 Å². The van der Waals surface area contributed by atoms with Gasteiger partial charge in [0.05, 0.1) is 10.0 Å². The molecule has 0 radical (unpaired) electrons. The van der Waals surface area contributed by atoms with Crippen LogP contribution in [0.5, 0.6) is 5.75 Å². The minimum Gasteiger partial charge on any atom is -0.487 e. The Morgan fingerprint density at radius 2 is 2.03 bits per heavy atom. The lowest BCUT2D eigenvalue weighted by Gasteiger charge is -2.13. The lowest BCUT2D eigenvalue weighted by Crippen LogP contribution is -2.00. The number of thiophene rings is 1. The van der Waals surface area contributed by atoms with Crippen molar-refractivity contribution in [2.24, 2.45) is 4.99 Å². The van der Waals surface area contributed by atoms with E-state index in [4.69, 9.17) is 27.9 Å². The van der Waals surface area contributed by atoms with Gasteiger partial charge in [0.2, 0.25) is 0 Å². The average Bonchev–Trinajstić information content (AvgIpc) is 3.27. The summed E-state index contributed by atoms with van der Waals surface area (Å²) in [7, 11) is 0. The smallest absolute Gasteiger partial charge is 0.142 e. The summed E-state index contributed by atoms with van der Waals surface area (Å²) in [6, 6.07) is 11.5. The zero-order valence-electron chi connectivity index (χ0n) is 15.5. The fourth-order valence-corrected chi connectivity index (χ4v) is 6.36. The molecule has 1 aliphatic rings. The first-order valence-corrected chi connectivity index (χ1v) is 12.3. The number of aryl methyl sites for hydroxylation is 1. The molecule has 2 aromatic carbocycles. The second-order valence-electron chi connectivity index (χ2n) is 6.74. The average molecular weight is 585 g/mol. The summed E-state index contributed by atoms with van der Waals surface area (Å²) in [4.78, 5) is 5.92. The maximum Gasteiger partial charge on any atom is 0.142 e. The summed E-state index contributed by atoms with van der Waals surface area (Å²) >= 11 is 20.9. The van der Waals surface area contributed by atoms with Gasteiger partial charge in [-0.2, -0.15) is 5.26 Å². The monoisotopic (exact) mass is 582 g/mol. The second-order valence-corrected chi connectivity index (χ2v) is 10.4. The standard InChI is InChI=1S/C22H14Br2Cl2N2OS/c23-14-6-13(10-28-22-17(9-27)16-2-1-3-20(16)30-22)21(18(24)7-14)29-11-12-4-5-15(25)8-19(12)26/h4-8,10H,1-3,11H2/b28-10+. The van der Waals surface area contributed by atoms with Gasteiger partial charge in [-0.15, -0.1) is 11.3 Å². The van der Waals surface area contributed by atoms with Crippen LogP contribution in [0.2, 0.25) is 10.0 Å².